The van der Waals surface area contributed by atoms with Gasteiger partial charge in [-0.25, -0.2) is 15.2 Å². The van der Waals surface area contributed by atoms with Crippen LogP contribution in [-0.4, -0.2) is 76.9 Å². The second-order valence-corrected chi connectivity index (χ2v) is 16.8. The van der Waals surface area contributed by atoms with Gasteiger partial charge in [0.25, 0.3) is 11.8 Å². The van der Waals surface area contributed by atoms with Crippen LogP contribution in [-0.2, 0) is 25.8 Å². The minimum atomic E-state index is -1.41. The van der Waals surface area contributed by atoms with Crippen molar-refractivity contribution in [3.05, 3.63) is 24.0 Å². The molecule has 4 fully saturated rings. The topological polar surface area (TPSA) is 105 Å². The molecule has 3 saturated heterocycles. The summed E-state index contributed by atoms with van der Waals surface area (Å²) in [5.74, 6) is -1.61. The van der Waals surface area contributed by atoms with E-state index in [1.165, 1.54) is 12.1 Å². The molecule has 34 heavy (non-hydrogen) atoms. The van der Waals surface area contributed by atoms with Crippen LogP contribution in [0.1, 0.15) is 23.3 Å². The van der Waals surface area contributed by atoms with E-state index in [1.807, 2.05) is 0 Å². The van der Waals surface area contributed by atoms with Crippen molar-refractivity contribution in [1.29, 1.82) is 0 Å². The van der Waals surface area contributed by atoms with Crippen molar-refractivity contribution in [2.75, 3.05) is 20.3 Å². The Hall–Kier alpha value is -2.28. The molecule has 1 saturated carbocycles. The zero-order valence-electron chi connectivity index (χ0n) is 19.9. The number of aromatic nitrogens is 1. The predicted octanol–water partition coefficient (Wildman–Crippen LogP) is 1.13. The molecule has 1 aliphatic carbocycles. The summed E-state index contributed by atoms with van der Waals surface area (Å²) in [5.41, 5.74) is 1.14. The molecule has 1 spiro atoms. The Morgan fingerprint density at radius 1 is 1.32 bits per heavy atom. The van der Waals surface area contributed by atoms with Crippen LogP contribution in [0, 0.1) is 11.8 Å². The molecule has 0 unspecified atom stereocenters. The zero-order valence-corrected chi connectivity index (χ0v) is 21.7. The van der Waals surface area contributed by atoms with Crippen LogP contribution in [0.25, 0.3) is 0 Å². The molecular formula is C22H31N5O5SSi. The first-order valence-electron chi connectivity index (χ1n) is 11.6. The molecule has 4 aliphatic rings. The van der Waals surface area contributed by atoms with Crippen LogP contribution < -0.4 is 10.7 Å². The third kappa shape index (κ3) is 3.11. The van der Waals surface area contributed by atoms with Gasteiger partial charge < -0.3 is 18.9 Å². The number of likely N-dealkylation sites (tertiary alicyclic amines) is 1. The first-order chi connectivity index (χ1) is 16.1. The quantitative estimate of drug-likeness (QED) is 0.246. The second kappa shape index (κ2) is 7.87. The Morgan fingerprint density at radius 2 is 2.09 bits per heavy atom. The fourth-order valence-corrected chi connectivity index (χ4v) is 7.16. The van der Waals surface area contributed by atoms with Crippen LogP contribution in [0.2, 0.25) is 25.7 Å². The van der Waals surface area contributed by atoms with E-state index in [1.54, 1.807) is 27.8 Å². The average Bonchev–Trinajstić information content (AvgIpc) is 3.54. The minimum Gasteiger partial charge on any atom is -0.468 e. The van der Waals surface area contributed by atoms with Crippen molar-refractivity contribution < 1.29 is 23.9 Å². The maximum atomic E-state index is 13.9. The number of nitrogens with zero attached hydrogens (tertiary/aromatic N) is 3. The molecule has 1 aromatic rings. The fraction of sp³-hybridized carbons (Fsp3) is 0.636. The van der Waals surface area contributed by atoms with Gasteiger partial charge in [-0.3, -0.25) is 14.9 Å². The number of hydrogen-bond acceptors (Lipinski definition) is 7. The van der Waals surface area contributed by atoms with Gasteiger partial charge in [-0.2, -0.15) is 0 Å². The Balaban J connectivity index is 1.46. The van der Waals surface area contributed by atoms with Crippen LogP contribution in [0.3, 0.4) is 0 Å². The highest BCUT2D eigenvalue weighted by Crippen LogP contribution is 2.60. The van der Waals surface area contributed by atoms with Gasteiger partial charge in [-0.05, 0) is 49.2 Å². The minimum absolute atomic E-state index is 0.0383. The van der Waals surface area contributed by atoms with Crippen LogP contribution in [0.5, 0.6) is 0 Å². The monoisotopic (exact) mass is 505 g/mol. The number of rotatable bonds is 7. The van der Waals surface area contributed by atoms with Crippen molar-refractivity contribution in [2.24, 2.45) is 11.8 Å². The second-order valence-electron chi connectivity index (χ2n) is 10.8. The van der Waals surface area contributed by atoms with E-state index in [9.17, 15) is 14.4 Å². The SMILES string of the molecule is COC(=O)[C@@]12CC[C@H]3CN(C(=O)c4cccn4COCC[Si](C)(C)C)[C@]4(C(=O)NC(=S)N4N1)[C@H]32. The number of esters is 1. The molecular weight excluding hydrogens is 474 g/mol. The van der Waals surface area contributed by atoms with Gasteiger partial charge in [0.1, 0.15) is 18.0 Å². The number of hydrazine groups is 1. The lowest BCUT2D eigenvalue weighted by atomic mass is 9.78. The fourth-order valence-electron chi connectivity index (χ4n) is 6.13. The van der Waals surface area contributed by atoms with Gasteiger partial charge >= 0.3 is 5.97 Å². The normalized spacial score (nSPS) is 31.6. The summed E-state index contributed by atoms with van der Waals surface area (Å²) >= 11 is 5.43. The van der Waals surface area contributed by atoms with Crippen molar-refractivity contribution in [3.63, 3.8) is 0 Å². The van der Waals surface area contributed by atoms with E-state index in [4.69, 9.17) is 21.7 Å². The number of thiocarbonyl (C=S) groups is 1. The van der Waals surface area contributed by atoms with Gasteiger partial charge in [0.15, 0.2) is 5.11 Å². The smallest absolute Gasteiger partial charge is 0.328 e. The average molecular weight is 506 g/mol. The maximum absolute atomic E-state index is 13.9. The number of nitrogens with one attached hydrogen (secondary N) is 2. The van der Waals surface area contributed by atoms with E-state index in [0.717, 1.165) is 6.04 Å². The molecule has 12 heteroatoms. The summed E-state index contributed by atoms with van der Waals surface area (Å²) in [6.07, 6.45) is 3.03. The number of carbonyl (C=O) groups excluding carboxylic acids is 3. The number of hydrogen-bond donors (Lipinski definition) is 2. The highest BCUT2D eigenvalue weighted by Gasteiger charge is 2.81. The van der Waals surface area contributed by atoms with Crippen LogP contribution in [0.15, 0.2) is 18.3 Å². The highest BCUT2D eigenvalue weighted by atomic mass is 32.1. The van der Waals surface area contributed by atoms with E-state index < -0.39 is 31.2 Å². The standard InChI is InChI=1S/C22H31N5O5SSi/c1-31-19(30)21-8-7-14-12-26(22(16(14)21)18(29)23-20(33)27(22)24-21)17(28)15-6-5-9-25(15)13-32-10-11-34(2,3)4/h5-6,9,14,16,24H,7-8,10-13H2,1-4H3,(H,23,29,33)/t14-,16+,21-,22+/m0/s1. The number of carbonyl (C=O) groups is 3. The molecule has 2 N–H and O–H groups in total. The number of amides is 2. The largest absolute Gasteiger partial charge is 0.468 e. The van der Waals surface area contributed by atoms with Gasteiger partial charge in [-0.1, -0.05) is 19.6 Å². The van der Waals surface area contributed by atoms with E-state index >= 15 is 0 Å². The lowest BCUT2D eigenvalue weighted by molar-refractivity contribution is -0.150. The molecule has 3 aliphatic heterocycles. The Kier molecular flexibility index (Phi) is 5.43. The number of methoxy groups -OCH3 is 1. The van der Waals surface area contributed by atoms with Crippen molar-refractivity contribution in [3.8, 4) is 0 Å². The Bertz CT molecular complexity index is 1070. The van der Waals surface area contributed by atoms with Crippen LogP contribution in [0.4, 0.5) is 0 Å². The third-order valence-electron chi connectivity index (χ3n) is 7.65. The summed E-state index contributed by atoms with van der Waals surface area (Å²) < 4.78 is 12.8. The van der Waals surface area contributed by atoms with Crippen LogP contribution >= 0.6 is 12.2 Å². The molecule has 0 aromatic carbocycles. The van der Waals surface area contributed by atoms with Gasteiger partial charge in [-0.15, -0.1) is 0 Å². The molecule has 0 radical (unpaired) electrons. The summed E-state index contributed by atoms with van der Waals surface area (Å²) in [5, 5.41) is 4.38. The lowest BCUT2D eigenvalue weighted by Crippen LogP contribution is -2.61. The molecule has 184 valence electrons. The molecule has 1 aromatic heterocycles. The highest BCUT2D eigenvalue weighted by molar-refractivity contribution is 7.80. The van der Waals surface area contributed by atoms with E-state index in [2.05, 4.69) is 30.4 Å². The summed E-state index contributed by atoms with van der Waals surface area (Å²) in [6.45, 7) is 8.12. The Labute approximate surface area is 204 Å². The first-order valence-corrected chi connectivity index (χ1v) is 15.7. The Morgan fingerprint density at radius 3 is 2.79 bits per heavy atom. The van der Waals surface area contributed by atoms with Crippen molar-refractivity contribution >= 4 is 43.2 Å². The van der Waals surface area contributed by atoms with Gasteiger partial charge in [0.05, 0.1) is 7.11 Å². The molecule has 2 amide bonds. The molecule has 4 atom stereocenters. The summed E-state index contributed by atoms with van der Waals surface area (Å²) in [6, 6.07) is 4.57. The van der Waals surface area contributed by atoms with E-state index in [0.29, 0.717) is 31.7 Å². The zero-order chi connectivity index (χ0) is 24.5. The van der Waals surface area contributed by atoms with Crippen molar-refractivity contribution in [1.82, 2.24) is 25.2 Å². The molecule has 4 heterocycles. The predicted molar refractivity (Wildman–Crippen MR) is 129 cm³/mol. The first kappa shape index (κ1) is 23.5. The van der Waals surface area contributed by atoms with Gasteiger partial charge in [0, 0.05) is 33.3 Å². The van der Waals surface area contributed by atoms with Crippen molar-refractivity contribution in [2.45, 2.75) is 56.5 Å². The summed E-state index contributed by atoms with van der Waals surface area (Å²) in [4.78, 5) is 41.9. The number of ether oxygens (including phenoxy) is 2. The lowest BCUT2D eigenvalue weighted by Gasteiger charge is -2.36. The summed E-state index contributed by atoms with van der Waals surface area (Å²) in [7, 11) is 0.116. The molecule has 10 nitrogen and oxygen atoms in total. The van der Waals surface area contributed by atoms with E-state index in [-0.39, 0.29) is 29.6 Å². The molecule has 5 rings (SSSR count). The maximum Gasteiger partial charge on any atom is 0.328 e. The molecule has 0 bridgehead atoms. The third-order valence-corrected chi connectivity index (χ3v) is 9.64. The van der Waals surface area contributed by atoms with Gasteiger partial charge in [0.2, 0.25) is 5.66 Å².